The summed E-state index contributed by atoms with van der Waals surface area (Å²) in [5, 5.41) is 6.68. The lowest BCUT2D eigenvalue weighted by molar-refractivity contribution is -0.130. The third-order valence-corrected chi connectivity index (χ3v) is 3.44. The summed E-state index contributed by atoms with van der Waals surface area (Å²) in [6.45, 7) is 4.59. The number of rotatable bonds is 5. The van der Waals surface area contributed by atoms with Gasteiger partial charge in [-0.1, -0.05) is 31.1 Å². The summed E-state index contributed by atoms with van der Waals surface area (Å²) < 4.78 is 16.3. The SMILES string of the molecule is CC(C)c1noc(CCNC(=O)[C@H]2COc3ccccc3O2)n1. The van der Waals surface area contributed by atoms with E-state index in [1.54, 1.807) is 6.07 Å². The first-order valence-corrected chi connectivity index (χ1v) is 7.62. The molecule has 0 unspecified atom stereocenters. The predicted molar refractivity (Wildman–Crippen MR) is 81.5 cm³/mol. The Labute approximate surface area is 134 Å². The van der Waals surface area contributed by atoms with Gasteiger partial charge >= 0.3 is 0 Å². The van der Waals surface area contributed by atoms with Gasteiger partial charge in [0.05, 0.1) is 0 Å². The first-order valence-electron chi connectivity index (χ1n) is 7.62. The third-order valence-electron chi connectivity index (χ3n) is 3.44. The molecule has 1 atom stereocenters. The van der Waals surface area contributed by atoms with Crippen molar-refractivity contribution >= 4 is 5.91 Å². The maximum absolute atomic E-state index is 12.1. The number of ether oxygens (including phenoxy) is 2. The lowest BCUT2D eigenvalue weighted by Crippen LogP contribution is -2.44. The fourth-order valence-electron chi connectivity index (χ4n) is 2.16. The molecule has 0 bridgehead atoms. The zero-order valence-electron chi connectivity index (χ0n) is 13.1. The van der Waals surface area contributed by atoms with Gasteiger partial charge in [-0.3, -0.25) is 4.79 Å². The van der Waals surface area contributed by atoms with Crippen molar-refractivity contribution in [2.24, 2.45) is 0 Å². The number of fused-ring (bicyclic) bond motifs is 1. The zero-order valence-corrected chi connectivity index (χ0v) is 13.1. The van der Waals surface area contributed by atoms with Crippen LogP contribution in [0, 0.1) is 0 Å². The molecule has 0 saturated heterocycles. The highest BCUT2D eigenvalue weighted by Crippen LogP contribution is 2.30. The van der Waals surface area contributed by atoms with E-state index in [1.165, 1.54) is 0 Å². The lowest BCUT2D eigenvalue weighted by Gasteiger charge is -2.25. The Kier molecular flexibility index (Phi) is 4.45. The Bertz CT molecular complexity index is 683. The second-order valence-electron chi connectivity index (χ2n) is 5.61. The van der Waals surface area contributed by atoms with Crippen molar-refractivity contribution in [3.8, 4) is 11.5 Å². The predicted octanol–water partition coefficient (Wildman–Crippen LogP) is 1.69. The Balaban J connectivity index is 1.48. The average molecular weight is 317 g/mol. The second kappa shape index (κ2) is 6.68. The van der Waals surface area contributed by atoms with Gasteiger partial charge < -0.3 is 19.3 Å². The molecule has 2 aromatic rings. The molecule has 1 aliphatic heterocycles. The molecule has 2 heterocycles. The van der Waals surface area contributed by atoms with Crippen molar-refractivity contribution < 1.29 is 18.8 Å². The van der Waals surface area contributed by atoms with E-state index in [1.807, 2.05) is 32.0 Å². The van der Waals surface area contributed by atoms with E-state index in [0.29, 0.717) is 36.2 Å². The molecular formula is C16H19N3O4. The van der Waals surface area contributed by atoms with Crippen LogP contribution in [0.15, 0.2) is 28.8 Å². The Morgan fingerprint density at radius 3 is 2.87 bits per heavy atom. The molecule has 0 fully saturated rings. The molecular weight excluding hydrogens is 298 g/mol. The smallest absolute Gasteiger partial charge is 0.264 e. The monoisotopic (exact) mass is 317 g/mol. The number of hydrogen-bond acceptors (Lipinski definition) is 6. The molecule has 0 radical (unpaired) electrons. The van der Waals surface area contributed by atoms with Crippen LogP contribution in [0.2, 0.25) is 0 Å². The van der Waals surface area contributed by atoms with E-state index in [-0.39, 0.29) is 18.4 Å². The summed E-state index contributed by atoms with van der Waals surface area (Å²) in [5.74, 6) is 2.42. The summed E-state index contributed by atoms with van der Waals surface area (Å²) in [6.07, 6.45) is -0.172. The first kappa shape index (κ1) is 15.3. The van der Waals surface area contributed by atoms with E-state index in [2.05, 4.69) is 15.5 Å². The molecule has 0 spiro atoms. The highest BCUT2D eigenvalue weighted by atomic mass is 16.6. The number of aromatic nitrogens is 2. The van der Waals surface area contributed by atoms with E-state index in [4.69, 9.17) is 14.0 Å². The topological polar surface area (TPSA) is 86.5 Å². The first-order chi connectivity index (χ1) is 11.1. The van der Waals surface area contributed by atoms with Crippen molar-refractivity contribution in [2.45, 2.75) is 32.3 Å². The lowest BCUT2D eigenvalue weighted by atomic mass is 10.2. The standard InChI is InChI=1S/C16H19N3O4/c1-10(2)15-18-14(23-19-15)7-8-17-16(20)13-9-21-11-5-3-4-6-12(11)22-13/h3-6,10,13H,7-9H2,1-2H3,(H,17,20)/t13-/m1/s1. The number of hydrogen-bond donors (Lipinski definition) is 1. The van der Waals surface area contributed by atoms with Crippen molar-refractivity contribution in [1.82, 2.24) is 15.5 Å². The van der Waals surface area contributed by atoms with Crippen molar-refractivity contribution in [2.75, 3.05) is 13.2 Å². The summed E-state index contributed by atoms with van der Waals surface area (Å²) in [6, 6.07) is 7.29. The normalized spacial score (nSPS) is 16.4. The van der Waals surface area contributed by atoms with Gasteiger partial charge in [0.2, 0.25) is 12.0 Å². The maximum atomic E-state index is 12.1. The molecule has 122 valence electrons. The largest absolute Gasteiger partial charge is 0.485 e. The third kappa shape index (κ3) is 3.61. The van der Waals surface area contributed by atoms with Gasteiger partial charge in [0.1, 0.15) is 6.61 Å². The molecule has 0 aliphatic carbocycles. The van der Waals surface area contributed by atoms with Gasteiger partial charge in [0.15, 0.2) is 17.3 Å². The second-order valence-corrected chi connectivity index (χ2v) is 5.61. The molecule has 1 aromatic carbocycles. The number of carbonyl (C=O) groups is 1. The fraction of sp³-hybridized carbons (Fsp3) is 0.438. The van der Waals surface area contributed by atoms with Crippen molar-refractivity contribution in [3.63, 3.8) is 0 Å². The van der Waals surface area contributed by atoms with Gasteiger partial charge in [-0.2, -0.15) is 4.98 Å². The summed E-state index contributed by atoms with van der Waals surface area (Å²) in [5.41, 5.74) is 0. The summed E-state index contributed by atoms with van der Waals surface area (Å²) in [4.78, 5) is 16.4. The van der Waals surface area contributed by atoms with Crippen LogP contribution in [0.3, 0.4) is 0 Å². The number of carbonyl (C=O) groups excluding carboxylic acids is 1. The molecule has 23 heavy (non-hydrogen) atoms. The molecule has 1 aromatic heterocycles. The number of nitrogens with zero attached hydrogens (tertiary/aromatic N) is 2. The Morgan fingerprint density at radius 2 is 2.13 bits per heavy atom. The van der Waals surface area contributed by atoms with E-state index in [9.17, 15) is 4.79 Å². The van der Waals surface area contributed by atoms with Crippen LogP contribution in [-0.2, 0) is 11.2 Å². The Hall–Kier alpha value is -2.57. The maximum Gasteiger partial charge on any atom is 0.264 e. The van der Waals surface area contributed by atoms with Crippen LogP contribution < -0.4 is 14.8 Å². The molecule has 7 heteroatoms. The van der Waals surface area contributed by atoms with E-state index in [0.717, 1.165) is 0 Å². The molecule has 7 nitrogen and oxygen atoms in total. The number of benzene rings is 1. The zero-order chi connectivity index (χ0) is 16.2. The quantitative estimate of drug-likeness (QED) is 0.903. The van der Waals surface area contributed by atoms with Crippen molar-refractivity contribution in [1.29, 1.82) is 0 Å². The minimum Gasteiger partial charge on any atom is -0.485 e. The fourth-order valence-corrected chi connectivity index (χ4v) is 2.16. The number of nitrogens with one attached hydrogen (secondary N) is 1. The minimum atomic E-state index is -0.654. The van der Waals surface area contributed by atoms with Gasteiger partial charge in [-0.15, -0.1) is 0 Å². The summed E-state index contributed by atoms with van der Waals surface area (Å²) in [7, 11) is 0. The van der Waals surface area contributed by atoms with Gasteiger partial charge in [-0.25, -0.2) is 0 Å². The van der Waals surface area contributed by atoms with Crippen LogP contribution in [0.4, 0.5) is 0 Å². The highest BCUT2D eigenvalue weighted by molar-refractivity contribution is 5.81. The summed E-state index contributed by atoms with van der Waals surface area (Å²) >= 11 is 0. The van der Waals surface area contributed by atoms with Gasteiger partial charge in [0, 0.05) is 18.9 Å². The van der Waals surface area contributed by atoms with Gasteiger partial charge in [-0.05, 0) is 12.1 Å². The van der Waals surface area contributed by atoms with Gasteiger partial charge in [0.25, 0.3) is 5.91 Å². The van der Waals surface area contributed by atoms with E-state index < -0.39 is 6.10 Å². The molecule has 1 aliphatic rings. The van der Waals surface area contributed by atoms with Crippen LogP contribution in [0.25, 0.3) is 0 Å². The molecule has 1 amide bonds. The minimum absolute atomic E-state index is 0.195. The molecule has 0 saturated carbocycles. The van der Waals surface area contributed by atoms with Crippen LogP contribution in [0.1, 0.15) is 31.5 Å². The number of para-hydroxylation sites is 2. The average Bonchev–Trinajstić information content (AvgIpc) is 3.03. The van der Waals surface area contributed by atoms with Crippen LogP contribution in [0.5, 0.6) is 11.5 Å². The Morgan fingerprint density at radius 1 is 1.35 bits per heavy atom. The van der Waals surface area contributed by atoms with Crippen LogP contribution >= 0.6 is 0 Å². The van der Waals surface area contributed by atoms with E-state index >= 15 is 0 Å². The highest BCUT2D eigenvalue weighted by Gasteiger charge is 2.26. The van der Waals surface area contributed by atoms with Crippen molar-refractivity contribution in [3.05, 3.63) is 36.0 Å². The van der Waals surface area contributed by atoms with Crippen LogP contribution in [-0.4, -0.2) is 35.3 Å². The molecule has 1 N–H and O–H groups in total. The molecule has 3 rings (SSSR count). The number of amides is 1.